The van der Waals surface area contributed by atoms with Crippen LogP contribution in [0.4, 0.5) is 0 Å². The normalized spacial score (nSPS) is 37.2. The molecule has 1 aliphatic heterocycles. The van der Waals surface area contributed by atoms with Crippen molar-refractivity contribution in [3.8, 4) is 0 Å². The number of allylic oxidation sites excluding steroid dienone is 4. The van der Waals surface area contributed by atoms with Gasteiger partial charge in [0.1, 0.15) is 23.6 Å². The van der Waals surface area contributed by atoms with Gasteiger partial charge in [-0.1, -0.05) is 23.3 Å². The molecule has 4 heteroatoms. The van der Waals surface area contributed by atoms with Crippen LogP contribution in [-0.4, -0.2) is 35.8 Å². The van der Waals surface area contributed by atoms with E-state index in [1.54, 1.807) is 0 Å². The van der Waals surface area contributed by atoms with Gasteiger partial charge in [0.15, 0.2) is 5.78 Å². The summed E-state index contributed by atoms with van der Waals surface area (Å²) in [5.74, 6) is 1.20. The van der Waals surface area contributed by atoms with E-state index in [2.05, 4.69) is 39.8 Å². The summed E-state index contributed by atoms with van der Waals surface area (Å²) in [6.45, 7) is 8.58. The molecule has 3 aliphatic rings. The molecule has 1 N–H and O–H groups in total. The minimum absolute atomic E-state index is 0.00771. The third-order valence-electron chi connectivity index (χ3n) is 6.45. The summed E-state index contributed by atoms with van der Waals surface area (Å²) in [5, 5.41) is 10.5. The van der Waals surface area contributed by atoms with E-state index in [1.807, 2.05) is 0 Å². The van der Waals surface area contributed by atoms with Crippen molar-refractivity contribution in [3.63, 3.8) is 0 Å². The number of Topliss-reactive ketones (excluding diaryl/α,β-unsaturated/α-hetero) is 1. The van der Waals surface area contributed by atoms with Crippen molar-refractivity contribution in [2.45, 2.75) is 77.6 Å². The second kappa shape index (κ2) is 7.32. The molecule has 0 aromatic heterocycles. The van der Waals surface area contributed by atoms with Crippen LogP contribution in [0.25, 0.3) is 0 Å². The zero-order chi connectivity index (χ0) is 19.1. The van der Waals surface area contributed by atoms with Gasteiger partial charge < -0.3 is 14.6 Å². The first-order valence-corrected chi connectivity index (χ1v) is 9.74. The van der Waals surface area contributed by atoms with E-state index in [-0.39, 0.29) is 17.3 Å². The number of aliphatic hydroxyl groups excluding tert-OH is 1. The van der Waals surface area contributed by atoms with Gasteiger partial charge in [0.2, 0.25) is 0 Å². The van der Waals surface area contributed by atoms with E-state index in [9.17, 15) is 9.90 Å². The smallest absolute Gasteiger partial charge is 0.191 e. The van der Waals surface area contributed by atoms with Gasteiger partial charge in [0, 0.05) is 25.0 Å². The van der Waals surface area contributed by atoms with Gasteiger partial charge in [-0.3, -0.25) is 4.79 Å². The highest BCUT2D eigenvalue weighted by atomic mass is 16.5. The molecular formula is C22H32O4. The first kappa shape index (κ1) is 19.4. The maximum Gasteiger partial charge on any atom is 0.191 e. The number of methoxy groups -OCH3 is 1. The van der Waals surface area contributed by atoms with Gasteiger partial charge in [0.25, 0.3) is 0 Å². The Morgan fingerprint density at radius 2 is 2.08 bits per heavy atom. The first-order valence-electron chi connectivity index (χ1n) is 9.74. The summed E-state index contributed by atoms with van der Waals surface area (Å²) in [6.07, 6.45) is 7.21. The van der Waals surface area contributed by atoms with E-state index < -0.39 is 12.2 Å². The van der Waals surface area contributed by atoms with Crippen molar-refractivity contribution in [1.29, 1.82) is 0 Å². The first-order chi connectivity index (χ1) is 12.3. The molecule has 0 amide bonds. The minimum Gasteiger partial charge on any atom is -0.488 e. The SMILES string of the molecule is CO[C@H]1C[C@H](O)C2=C(C[C@H]3[C@H](/C(C)=C\CC=C(C)C)CC[C@@]3(C)O2)C1=O. The quantitative estimate of drug-likeness (QED) is 0.767. The molecule has 144 valence electrons. The van der Waals surface area contributed by atoms with Gasteiger partial charge in [-0.05, 0) is 59.3 Å². The van der Waals surface area contributed by atoms with Crippen molar-refractivity contribution in [3.05, 3.63) is 34.6 Å². The fraction of sp³-hybridized carbons (Fsp3) is 0.682. The molecule has 5 atom stereocenters. The van der Waals surface area contributed by atoms with Crippen LogP contribution < -0.4 is 0 Å². The van der Waals surface area contributed by atoms with Gasteiger partial charge in [0.05, 0.1) is 0 Å². The van der Waals surface area contributed by atoms with Crippen LogP contribution in [0, 0.1) is 11.8 Å². The lowest BCUT2D eigenvalue weighted by Gasteiger charge is -2.44. The summed E-state index contributed by atoms with van der Waals surface area (Å²) in [6, 6.07) is 0. The minimum atomic E-state index is -0.737. The van der Waals surface area contributed by atoms with E-state index in [0.29, 0.717) is 30.1 Å². The predicted octanol–water partition coefficient (Wildman–Crippen LogP) is 4.10. The highest BCUT2D eigenvalue weighted by molar-refractivity contribution is 6.00. The number of ketones is 1. The van der Waals surface area contributed by atoms with E-state index in [4.69, 9.17) is 9.47 Å². The van der Waals surface area contributed by atoms with Crippen LogP contribution in [0.2, 0.25) is 0 Å². The van der Waals surface area contributed by atoms with Gasteiger partial charge in [-0.25, -0.2) is 0 Å². The topological polar surface area (TPSA) is 55.8 Å². The summed E-state index contributed by atoms with van der Waals surface area (Å²) >= 11 is 0. The van der Waals surface area contributed by atoms with E-state index in [1.165, 1.54) is 18.3 Å². The maximum absolute atomic E-state index is 12.8. The molecule has 1 saturated carbocycles. The number of carbonyl (C=O) groups is 1. The molecule has 1 fully saturated rings. The lowest BCUT2D eigenvalue weighted by molar-refractivity contribution is -0.135. The Labute approximate surface area is 156 Å². The van der Waals surface area contributed by atoms with Crippen LogP contribution in [0.5, 0.6) is 0 Å². The molecule has 0 aromatic rings. The van der Waals surface area contributed by atoms with Crippen LogP contribution in [-0.2, 0) is 14.3 Å². The second-order valence-electron chi connectivity index (χ2n) is 8.52. The van der Waals surface area contributed by atoms with Crippen molar-refractivity contribution >= 4 is 5.78 Å². The zero-order valence-electron chi connectivity index (χ0n) is 16.7. The number of hydrogen-bond donors (Lipinski definition) is 1. The molecule has 2 aliphatic carbocycles. The highest BCUT2D eigenvalue weighted by Gasteiger charge is 2.54. The lowest BCUT2D eigenvalue weighted by atomic mass is 9.73. The van der Waals surface area contributed by atoms with Crippen molar-refractivity contribution < 1.29 is 19.4 Å². The Balaban J connectivity index is 1.86. The summed E-state index contributed by atoms with van der Waals surface area (Å²) < 4.78 is 11.6. The van der Waals surface area contributed by atoms with E-state index >= 15 is 0 Å². The molecule has 1 heterocycles. The molecule has 0 aromatic carbocycles. The van der Waals surface area contributed by atoms with Crippen LogP contribution >= 0.6 is 0 Å². The number of hydrogen-bond acceptors (Lipinski definition) is 4. The number of ether oxygens (including phenoxy) is 2. The van der Waals surface area contributed by atoms with Crippen LogP contribution in [0.15, 0.2) is 34.6 Å². The van der Waals surface area contributed by atoms with Crippen molar-refractivity contribution in [1.82, 2.24) is 0 Å². The molecule has 0 spiro atoms. The number of aliphatic hydroxyl groups is 1. The average molecular weight is 360 g/mol. The molecular weight excluding hydrogens is 328 g/mol. The largest absolute Gasteiger partial charge is 0.488 e. The third-order valence-corrected chi connectivity index (χ3v) is 6.45. The summed E-state index contributed by atoms with van der Waals surface area (Å²) in [5.41, 5.74) is 3.07. The summed E-state index contributed by atoms with van der Waals surface area (Å²) in [7, 11) is 1.53. The predicted molar refractivity (Wildman–Crippen MR) is 102 cm³/mol. The molecule has 0 unspecified atom stereocenters. The Morgan fingerprint density at radius 1 is 1.35 bits per heavy atom. The monoisotopic (exact) mass is 360 g/mol. The standard InChI is InChI=1S/C22H32O4/c1-13(2)7-6-8-14(3)15-9-10-22(4)17(15)11-16-20(24)19(25-5)12-18(23)21(16)26-22/h7-8,15,17-19,23H,6,9-12H2,1-5H3/b14-8-/t15-,17-,18-,19-,22+/m0/s1. The third kappa shape index (κ3) is 3.41. The maximum atomic E-state index is 12.8. The Morgan fingerprint density at radius 3 is 2.73 bits per heavy atom. The zero-order valence-corrected chi connectivity index (χ0v) is 16.7. The Bertz CT molecular complexity index is 668. The number of rotatable bonds is 4. The van der Waals surface area contributed by atoms with Crippen molar-refractivity contribution in [2.75, 3.05) is 7.11 Å². The molecule has 3 rings (SSSR count). The van der Waals surface area contributed by atoms with Gasteiger partial charge in [-0.2, -0.15) is 0 Å². The molecule has 26 heavy (non-hydrogen) atoms. The molecule has 4 nitrogen and oxygen atoms in total. The second-order valence-corrected chi connectivity index (χ2v) is 8.52. The number of carbonyl (C=O) groups excluding carboxylic acids is 1. The van der Waals surface area contributed by atoms with Gasteiger partial charge in [-0.15, -0.1) is 0 Å². The Hall–Kier alpha value is -1.39. The summed E-state index contributed by atoms with van der Waals surface area (Å²) in [4.78, 5) is 12.8. The Kier molecular flexibility index (Phi) is 5.45. The number of fused-ring (bicyclic) bond motifs is 1. The highest BCUT2D eigenvalue weighted by Crippen LogP contribution is 2.54. The average Bonchev–Trinajstić information content (AvgIpc) is 2.92. The van der Waals surface area contributed by atoms with Crippen LogP contribution in [0.1, 0.15) is 59.8 Å². The van der Waals surface area contributed by atoms with Gasteiger partial charge >= 0.3 is 0 Å². The molecule has 0 radical (unpaired) electrons. The van der Waals surface area contributed by atoms with E-state index in [0.717, 1.165) is 19.3 Å². The van der Waals surface area contributed by atoms with Crippen molar-refractivity contribution in [2.24, 2.45) is 11.8 Å². The molecule has 0 saturated heterocycles. The molecule has 0 bridgehead atoms. The fourth-order valence-corrected chi connectivity index (χ4v) is 4.85. The fourth-order valence-electron chi connectivity index (χ4n) is 4.85. The van der Waals surface area contributed by atoms with Crippen LogP contribution in [0.3, 0.4) is 0 Å². The lowest BCUT2D eigenvalue weighted by Crippen LogP contribution is -2.47.